The average Bonchev–Trinajstić information content (AvgIpc) is 3.16. The van der Waals surface area contributed by atoms with Crippen LogP contribution in [0.4, 0.5) is 0 Å². The van der Waals surface area contributed by atoms with E-state index < -0.39 is 0 Å². The Kier molecular flexibility index (Phi) is 6.08. The normalized spacial score (nSPS) is 12.2. The highest BCUT2D eigenvalue weighted by molar-refractivity contribution is 5.89. The summed E-state index contributed by atoms with van der Waals surface area (Å²) in [4.78, 5) is 20.3. The number of Topliss-reactive ketones (excluding diaryl/α,β-unsaturated/α-hetero) is 1. The van der Waals surface area contributed by atoms with E-state index in [9.17, 15) is 4.79 Å². The highest BCUT2D eigenvalue weighted by Crippen LogP contribution is 2.29. The summed E-state index contributed by atoms with van der Waals surface area (Å²) in [5.74, 6) is 1.15. The predicted molar refractivity (Wildman–Crippen MR) is 123 cm³/mol. The molecule has 152 valence electrons. The maximum absolute atomic E-state index is 12.5. The summed E-state index contributed by atoms with van der Waals surface area (Å²) < 4.78 is 0. The van der Waals surface area contributed by atoms with Crippen LogP contribution in [-0.2, 0) is 17.6 Å². The van der Waals surface area contributed by atoms with Crippen molar-refractivity contribution in [2.45, 2.75) is 45.4 Å². The molecule has 0 radical (unpaired) electrons. The van der Waals surface area contributed by atoms with Crippen LogP contribution >= 0.6 is 0 Å². The van der Waals surface area contributed by atoms with E-state index in [0.717, 1.165) is 42.8 Å². The molecule has 0 bridgehead atoms. The number of aromatic nitrogens is 2. The Balaban J connectivity index is 1.58. The molecule has 1 aromatic heterocycles. The summed E-state index contributed by atoms with van der Waals surface area (Å²) in [5.41, 5.74) is 4.75. The van der Waals surface area contributed by atoms with Gasteiger partial charge in [-0.2, -0.15) is 0 Å². The van der Waals surface area contributed by atoms with Gasteiger partial charge in [0.05, 0.1) is 0 Å². The van der Waals surface area contributed by atoms with Gasteiger partial charge >= 0.3 is 0 Å². The summed E-state index contributed by atoms with van der Waals surface area (Å²) in [6, 6.07) is 23.4. The molecule has 4 aromatic rings. The van der Waals surface area contributed by atoms with Gasteiger partial charge in [0.1, 0.15) is 11.6 Å². The summed E-state index contributed by atoms with van der Waals surface area (Å²) in [5, 5.41) is 2.41. The van der Waals surface area contributed by atoms with E-state index in [0.29, 0.717) is 0 Å². The molecule has 4 rings (SSSR count). The first-order valence-corrected chi connectivity index (χ1v) is 10.7. The summed E-state index contributed by atoms with van der Waals surface area (Å²) in [6.07, 6.45) is 5.49. The molecular weight excluding hydrogens is 368 g/mol. The van der Waals surface area contributed by atoms with Gasteiger partial charge in [0.25, 0.3) is 0 Å². The zero-order valence-electron chi connectivity index (χ0n) is 17.7. The van der Waals surface area contributed by atoms with Gasteiger partial charge in [0.2, 0.25) is 0 Å². The van der Waals surface area contributed by atoms with Crippen molar-refractivity contribution in [1.82, 2.24) is 9.97 Å². The zero-order chi connectivity index (χ0) is 20.9. The van der Waals surface area contributed by atoms with Crippen LogP contribution in [0.15, 0.2) is 72.9 Å². The average molecular weight is 397 g/mol. The van der Waals surface area contributed by atoms with Crippen molar-refractivity contribution >= 4 is 16.6 Å². The molecule has 0 amide bonds. The molecule has 30 heavy (non-hydrogen) atoms. The van der Waals surface area contributed by atoms with Gasteiger partial charge < -0.3 is 4.98 Å². The first kappa shape index (κ1) is 20.1. The number of nitrogens with one attached hydrogen (secondary N) is 1. The van der Waals surface area contributed by atoms with E-state index in [1.807, 2.05) is 19.2 Å². The highest BCUT2D eigenvalue weighted by atomic mass is 16.1. The number of aromatic amines is 1. The lowest BCUT2D eigenvalue weighted by molar-refractivity contribution is -0.118. The molecule has 0 aliphatic rings. The molecule has 0 saturated carbocycles. The van der Waals surface area contributed by atoms with Gasteiger partial charge in [-0.3, -0.25) is 4.79 Å². The molecule has 3 heteroatoms. The van der Waals surface area contributed by atoms with Gasteiger partial charge in [0.15, 0.2) is 0 Å². The molecule has 1 heterocycles. The van der Waals surface area contributed by atoms with Gasteiger partial charge in [-0.05, 0) is 60.6 Å². The lowest BCUT2D eigenvalue weighted by Crippen LogP contribution is -2.09. The van der Waals surface area contributed by atoms with E-state index in [1.54, 1.807) is 6.92 Å². The molecule has 0 saturated heterocycles. The number of H-pyrrole nitrogens is 1. The number of carbonyl (C=O) groups excluding carboxylic acids is 1. The Labute approximate surface area is 178 Å². The van der Waals surface area contributed by atoms with Crippen LogP contribution in [0.3, 0.4) is 0 Å². The number of ketones is 1. The number of fused-ring (bicyclic) bond motifs is 1. The van der Waals surface area contributed by atoms with E-state index in [4.69, 9.17) is 0 Å². The number of benzene rings is 3. The van der Waals surface area contributed by atoms with E-state index in [-0.39, 0.29) is 11.7 Å². The molecule has 0 aliphatic carbocycles. The minimum atomic E-state index is -0.0583. The number of aryl methyl sites for hydroxylation is 2. The zero-order valence-corrected chi connectivity index (χ0v) is 17.7. The van der Waals surface area contributed by atoms with Crippen molar-refractivity contribution in [2.75, 3.05) is 0 Å². The minimum absolute atomic E-state index is 0.0583. The number of imidazole rings is 1. The van der Waals surface area contributed by atoms with Crippen molar-refractivity contribution < 1.29 is 4.79 Å². The summed E-state index contributed by atoms with van der Waals surface area (Å²) in [7, 11) is 0. The van der Waals surface area contributed by atoms with E-state index in [2.05, 4.69) is 70.6 Å². The van der Waals surface area contributed by atoms with Crippen LogP contribution in [-0.4, -0.2) is 15.8 Å². The lowest BCUT2D eigenvalue weighted by atomic mass is 9.87. The number of carbonyl (C=O) groups is 1. The minimum Gasteiger partial charge on any atom is -0.346 e. The van der Waals surface area contributed by atoms with Gasteiger partial charge in [-0.15, -0.1) is 0 Å². The summed E-state index contributed by atoms with van der Waals surface area (Å²) >= 11 is 0. The van der Waals surface area contributed by atoms with Crippen LogP contribution in [0.5, 0.6) is 0 Å². The second kappa shape index (κ2) is 9.08. The van der Waals surface area contributed by atoms with Crippen molar-refractivity contribution in [3.8, 4) is 0 Å². The van der Waals surface area contributed by atoms with Gasteiger partial charge in [-0.25, -0.2) is 4.98 Å². The van der Waals surface area contributed by atoms with Crippen LogP contribution in [0.2, 0.25) is 0 Å². The third kappa shape index (κ3) is 4.68. The van der Waals surface area contributed by atoms with Crippen LogP contribution < -0.4 is 0 Å². The topological polar surface area (TPSA) is 45.8 Å². The number of hydrogen-bond donors (Lipinski definition) is 1. The second-order valence-corrected chi connectivity index (χ2v) is 8.13. The molecule has 1 atom stereocenters. The summed E-state index contributed by atoms with van der Waals surface area (Å²) in [6.45, 7) is 3.74. The standard InChI is InChI=1S/C27H28N2O/c1-19-18-28-27(29-19)17-23-12-7-11-22-14-15-24(16-26(22)23)25(20(2)30)13-6-10-21-8-4-3-5-9-21/h3-5,7-9,11-12,14-16,18,25H,6,10,13,17H2,1-2H3,(H,28,29). The lowest BCUT2D eigenvalue weighted by Gasteiger charge is -2.16. The fourth-order valence-corrected chi connectivity index (χ4v) is 4.22. The largest absolute Gasteiger partial charge is 0.346 e. The third-order valence-corrected chi connectivity index (χ3v) is 5.80. The Hall–Kier alpha value is -3.20. The molecule has 1 unspecified atom stereocenters. The first-order valence-electron chi connectivity index (χ1n) is 10.7. The van der Waals surface area contributed by atoms with Crippen molar-refractivity contribution in [3.05, 3.63) is 101 Å². The van der Waals surface area contributed by atoms with Gasteiger partial charge in [-0.1, -0.05) is 66.7 Å². The number of rotatable bonds is 8. The van der Waals surface area contributed by atoms with Crippen molar-refractivity contribution in [3.63, 3.8) is 0 Å². The fourth-order valence-electron chi connectivity index (χ4n) is 4.22. The fraction of sp³-hybridized carbons (Fsp3) is 0.259. The predicted octanol–water partition coefficient (Wildman–Crippen LogP) is 6.16. The van der Waals surface area contributed by atoms with Crippen LogP contribution in [0, 0.1) is 6.92 Å². The second-order valence-electron chi connectivity index (χ2n) is 8.13. The number of hydrogen-bond acceptors (Lipinski definition) is 2. The first-order chi connectivity index (χ1) is 14.6. The van der Waals surface area contributed by atoms with Crippen molar-refractivity contribution in [1.29, 1.82) is 0 Å². The Morgan fingerprint density at radius 3 is 2.60 bits per heavy atom. The highest BCUT2D eigenvalue weighted by Gasteiger charge is 2.17. The van der Waals surface area contributed by atoms with Gasteiger partial charge in [0, 0.05) is 24.2 Å². The van der Waals surface area contributed by atoms with Crippen LogP contribution in [0.1, 0.15) is 53.9 Å². The molecule has 0 spiro atoms. The van der Waals surface area contributed by atoms with E-state index >= 15 is 0 Å². The maximum atomic E-state index is 12.5. The Bertz CT molecular complexity index is 1140. The molecule has 0 aliphatic heterocycles. The van der Waals surface area contributed by atoms with Crippen molar-refractivity contribution in [2.24, 2.45) is 0 Å². The molecule has 3 nitrogen and oxygen atoms in total. The molecule has 0 fully saturated rings. The SMILES string of the molecule is CC(=O)C(CCCc1ccccc1)c1ccc2cccc(Cc3ncc(C)[nH]3)c2c1. The maximum Gasteiger partial charge on any atom is 0.137 e. The number of nitrogens with zero attached hydrogens (tertiary/aromatic N) is 1. The molecular formula is C27H28N2O. The molecule has 1 N–H and O–H groups in total. The smallest absolute Gasteiger partial charge is 0.137 e. The third-order valence-electron chi connectivity index (χ3n) is 5.80. The quantitative estimate of drug-likeness (QED) is 0.388. The monoisotopic (exact) mass is 396 g/mol. The Morgan fingerprint density at radius 1 is 1.03 bits per heavy atom. The van der Waals surface area contributed by atoms with E-state index in [1.165, 1.54) is 21.9 Å². The van der Waals surface area contributed by atoms with Crippen LogP contribution in [0.25, 0.3) is 10.8 Å². The molecule has 3 aromatic carbocycles. The Morgan fingerprint density at radius 2 is 1.87 bits per heavy atom.